The first kappa shape index (κ1) is 24.4. The molecule has 194 valence electrons. The van der Waals surface area contributed by atoms with Gasteiger partial charge in [-0.25, -0.2) is 4.98 Å². The Morgan fingerprint density at radius 3 is 2.64 bits per heavy atom. The summed E-state index contributed by atoms with van der Waals surface area (Å²) >= 11 is 6.70. The molecule has 0 radical (unpaired) electrons. The number of hydrogen-bond donors (Lipinski definition) is 2. The van der Waals surface area contributed by atoms with Crippen molar-refractivity contribution in [1.82, 2.24) is 9.88 Å². The first-order valence-corrected chi connectivity index (χ1v) is 13.4. The van der Waals surface area contributed by atoms with Gasteiger partial charge in [-0.1, -0.05) is 18.5 Å². The van der Waals surface area contributed by atoms with Gasteiger partial charge in [-0.05, 0) is 54.7 Å². The van der Waals surface area contributed by atoms with Crippen LogP contribution in [0.25, 0.3) is 10.8 Å². The Kier molecular flexibility index (Phi) is 6.16. The summed E-state index contributed by atoms with van der Waals surface area (Å²) < 4.78 is 11.1. The summed E-state index contributed by atoms with van der Waals surface area (Å²) in [6, 6.07) is 5.98. The molecule has 0 bridgehead atoms. The number of nitrogens with zero attached hydrogens (tertiary/aromatic N) is 3. The van der Waals surface area contributed by atoms with Crippen LogP contribution in [-0.4, -0.2) is 85.1 Å². The number of nitrogens with one attached hydrogen (secondary N) is 1. The molecular formula is C27H35ClN4O4. The summed E-state index contributed by atoms with van der Waals surface area (Å²) in [4.78, 5) is 22.1. The zero-order valence-electron chi connectivity index (χ0n) is 21.0. The SMILES string of the molecule is C[C@@]1(C2CCOC2)C[C@H]1C(=O)Nc1cc2cc(N3CCN([C@]4(C)COC[C@@H]4O)CC3)c(Cl)cc2cn1. The highest BCUT2D eigenvalue weighted by atomic mass is 35.5. The average molecular weight is 515 g/mol. The standard InChI is InChI=1S/C27H35ClN4O4/c1-26(19-3-8-35-14-19)12-20(26)25(34)30-24-11-17-10-22(21(28)9-18(17)13-29-24)31-4-6-32(7-5-31)27(2)16-36-15-23(27)33/h9-11,13,19-20,23,33H,3-8,12,14-16H2,1-2H3,(H,29,30,34)/t19?,20-,23-,26-,27+/m0/s1. The fourth-order valence-corrected chi connectivity index (χ4v) is 6.66. The number of aliphatic hydroxyl groups excluding tert-OH is 1. The molecule has 1 aromatic heterocycles. The number of piperazine rings is 1. The number of rotatable bonds is 5. The Bertz CT molecular complexity index is 1170. The summed E-state index contributed by atoms with van der Waals surface area (Å²) in [5, 5.41) is 16.1. The van der Waals surface area contributed by atoms with Crippen molar-refractivity contribution in [3.05, 3.63) is 29.4 Å². The van der Waals surface area contributed by atoms with Crippen molar-refractivity contribution in [3.63, 3.8) is 0 Å². The zero-order valence-corrected chi connectivity index (χ0v) is 21.8. The molecule has 5 atom stereocenters. The summed E-state index contributed by atoms with van der Waals surface area (Å²) in [6.45, 7) is 10.1. The first-order chi connectivity index (χ1) is 17.3. The number of anilines is 2. The number of ether oxygens (including phenoxy) is 2. The number of carbonyl (C=O) groups excluding carboxylic acids is 1. The molecule has 4 fully saturated rings. The maximum atomic E-state index is 13.0. The van der Waals surface area contributed by atoms with Crippen molar-refractivity contribution in [1.29, 1.82) is 0 Å². The summed E-state index contributed by atoms with van der Waals surface area (Å²) in [5.41, 5.74) is 0.690. The second-order valence-electron chi connectivity index (χ2n) is 11.4. The number of hydrogen-bond acceptors (Lipinski definition) is 7. The Morgan fingerprint density at radius 1 is 1.14 bits per heavy atom. The predicted octanol–water partition coefficient (Wildman–Crippen LogP) is 3.16. The summed E-state index contributed by atoms with van der Waals surface area (Å²) in [7, 11) is 0. The van der Waals surface area contributed by atoms with Crippen LogP contribution in [-0.2, 0) is 14.3 Å². The van der Waals surface area contributed by atoms with Crippen LogP contribution in [0.1, 0.15) is 26.7 Å². The van der Waals surface area contributed by atoms with Crippen molar-refractivity contribution in [2.75, 3.05) is 62.8 Å². The molecule has 3 aliphatic heterocycles. The molecule has 0 spiro atoms. The summed E-state index contributed by atoms with van der Waals surface area (Å²) in [5.74, 6) is 1.11. The minimum atomic E-state index is -0.463. The minimum absolute atomic E-state index is 0.0180. The van der Waals surface area contributed by atoms with Crippen LogP contribution in [0.2, 0.25) is 5.02 Å². The van der Waals surface area contributed by atoms with Crippen LogP contribution < -0.4 is 10.2 Å². The zero-order chi connectivity index (χ0) is 25.1. The van der Waals surface area contributed by atoms with Gasteiger partial charge in [-0.2, -0.15) is 0 Å². The van der Waals surface area contributed by atoms with Gasteiger partial charge in [-0.15, -0.1) is 0 Å². The third-order valence-electron chi connectivity index (χ3n) is 9.23. The van der Waals surface area contributed by atoms with E-state index in [2.05, 4.69) is 40.0 Å². The lowest BCUT2D eigenvalue weighted by atomic mass is 9.88. The molecule has 2 aromatic rings. The number of aromatic nitrogens is 1. The summed E-state index contributed by atoms with van der Waals surface area (Å²) in [6.07, 6.45) is 3.26. The highest BCUT2D eigenvalue weighted by Crippen LogP contribution is 2.59. The number of aliphatic hydroxyl groups is 1. The topological polar surface area (TPSA) is 87.2 Å². The Morgan fingerprint density at radius 2 is 1.94 bits per heavy atom. The number of pyridine rings is 1. The molecule has 4 aliphatic rings. The van der Waals surface area contributed by atoms with Gasteiger partial charge in [0.05, 0.1) is 42.2 Å². The third-order valence-corrected chi connectivity index (χ3v) is 9.53. The van der Waals surface area contributed by atoms with E-state index < -0.39 is 6.10 Å². The smallest absolute Gasteiger partial charge is 0.229 e. The van der Waals surface area contributed by atoms with Crippen molar-refractivity contribution in [2.24, 2.45) is 17.3 Å². The van der Waals surface area contributed by atoms with E-state index in [1.807, 2.05) is 12.1 Å². The van der Waals surface area contributed by atoms with E-state index in [0.29, 0.717) is 30.0 Å². The molecule has 6 rings (SSSR count). The molecule has 4 heterocycles. The van der Waals surface area contributed by atoms with Crippen LogP contribution in [0.4, 0.5) is 11.5 Å². The third kappa shape index (κ3) is 4.17. The molecule has 1 unspecified atom stereocenters. The molecule has 1 saturated carbocycles. The van der Waals surface area contributed by atoms with Crippen LogP contribution in [0.15, 0.2) is 24.4 Å². The molecule has 1 aliphatic carbocycles. The van der Waals surface area contributed by atoms with Crippen LogP contribution in [0, 0.1) is 17.3 Å². The van der Waals surface area contributed by atoms with Gasteiger partial charge in [0.15, 0.2) is 0 Å². The second-order valence-corrected chi connectivity index (χ2v) is 11.8. The van der Waals surface area contributed by atoms with E-state index >= 15 is 0 Å². The molecule has 9 heteroatoms. The van der Waals surface area contributed by atoms with Gasteiger partial charge in [0.1, 0.15) is 5.82 Å². The van der Waals surface area contributed by atoms with Gasteiger partial charge in [0.2, 0.25) is 5.91 Å². The monoisotopic (exact) mass is 514 g/mol. The van der Waals surface area contributed by atoms with E-state index in [1.54, 1.807) is 6.20 Å². The number of fused-ring (bicyclic) bond motifs is 1. The van der Waals surface area contributed by atoms with Crippen molar-refractivity contribution < 1.29 is 19.4 Å². The molecular weight excluding hydrogens is 480 g/mol. The number of benzene rings is 1. The molecule has 2 N–H and O–H groups in total. The van der Waals surface area contributed by atoms with Crippen molar-refractivity contribution >= 4 is 39.8 Å². The Balaban J connectivity index is 1.15. The fraction of sp³-hybridized carbons (Fsp3) is 0.630. The highest BCUT2D eigenvalue weighted by molar-refractivity contribution is 6.34. The fourth-order valence-electron chi connectivity index (χ4n) is 6.37. The number of amides is 1. The van der Waals surface area contributed by atoms with E-state index in [0.717, 1.165) is 68.7 Å². The largest absolute Gasteiger partial charge is 0.389 e. The lowest BCUT2D eigenvalue weighted by molar-refractivity contribution is -0.118. The van der Waals surface area contributed by atoms with Crippen molar-refractivity contribution in [3.8, 4) is 0 Å². The Hall–Kier alpha value is -1.97. The highest BCUT2D eigenvalue weighted by Gasteiger charge is 2.59. The van der Waals surface area contributed by atoms with Crippen LogP contribution in [0.3, 0.4) is 0 Å². The van der Waals surface area contributed by atoms with E-state index in [-0.39, 0.29) is 22.8 Å². The van der Waals surface area contributed by atoms with Gasteiger partial charge < -0.3 is 24.8 Å². The Labute approximate surface area is 216 Å². The van der Waals surface area contributed by atoms with Crippen LogP contribution >= 0.6 is 11.6 Å². The van der Waals surface area contributed by atoms with E-state index in [1.165, 1.54) is 0 Å². The van der Waals surface area contributed by atoms with E-state index in [4.69, 9.17) is 21.1 Å². The van der Waals surface area contributed by atoms with E-state index in [9.17, 15) is 9.90 Å². The second kappa shape index (κ2) is 9.10. The number of halogens is 1. The quantitative estimate of drug-likeness (QED) is 0.633. The molecule has 3 saturated heterocycles. The molecule has 1 amide bonds. The van der Waals surface area contributed by atoms with Gasteiger partial charge in [0.25, 0.3) is 0 Å². The van der Waals surface area contributed by atoms with Gasteiger partial charge in [0, 0.05) is 50.3 Å². The maximum absolute atomic E-state index is 13.0. The lowest BCUT2D eigenvalue weighted by Gasteiger charge is -2.45. The maximum Gasteiger partial charge on any atom is 0.229 e. The number of carbonyl (C=O) groups is 1. The van der Waals surface area contributed by atoms with Crippen LogP contribution in [0.5, 0.6) is 0 Å². The lowest BCUT2D eigenvalue weighted by Crippen LogP contribution is -2.60. The predicted molar refractivity (Wildman–Crippen MR) is 140 cm³/mol. The molecule has 8 nitrogen and oxygen atoms in total. The molecule has 36 heavy (non-hydrogen) atoms. The minimum Gasteiger partial charge on any atom is -0.389 e. The van der Waals surface area contributed by atoms with Crippen molar-refractivity contribution in [2.45, 2.75) is 38.3 Å². The normalized spacial score (nSPS) is 34.9. The molecule has 1 aromatic carbocycles. The van der Waals surface area contributed by atoms with Gasteiger partial charge >= 0.3 is 0 Å². The average Bonchev–Trinajstić information content (AvgIpc) is 3.19. The first-order valence-electron chi connectivity index (χ1n) is 13.0. The van der Waals surface area contributed by atoms with Gasteiger partial charge in [-0.3, -0.25) is 9.69 Å².